The van der Waals surface area contributed by atoms with Gasteiger partial charge < -0.3 is 19.4 Å². The van der Waals surface area contributed by atoms with Crippen molar-refractivity contribution in [3.63, 3.8) is 0 Å². The first-order valence-corrected chi connectivity index (χ1v) is 10.4. The van der Waals surface area contributed by atoms with Crippen molar-refractivity contribution in [3.05, 3.63) is 57.8 Å². The first-order chi connectivity index (χ1) is 14.3. The van der Waals surface area contributed by atoms with E-state index in [2.05, 4.69) is 5.32 Å². The number of hydrogen-bond donors (Lipinski definition) is 1. The van der Waals surface area contributed by atoms with Gasteiger partial charge in [-0.05, 0) is 24.6 Å². The molecule has 0 radical (unpaired) electrons. The van der Waals surface area contributed by atoms with Gasteiger partial charge in [-0.1, -0.05) is 42.3 Å². The third-order valence-electron chi connectivity index (χ3n) is 6.01. The Hall–Kier alpha value is -2.57. The largest absolute Gasteiger partial charge is 0.464 e. The summed E-state index contributed by atoms with van der Waals surface area (Å²) < 4.78 is 5.41. The zero-order valence-electron chi connectivity index (χ0n) is 16.3. The molecule has 1 aliphatic heterocycles. The predicted molar refractivity (Wildman–Crippen MR) is 114 cm³/mol. The maximum absolute atomic E-state index is 13.1. The Labute approximate surface area is 183 Å². The van der Waals surface area contributed by atoms with Gasteiger partial charge in [0.15, 0.2) is 0 Å². The van der Waals surface area contributed by atoms with Gasteiger partial charge in [-0.25, -0.2) is 0 Å². The topological polar surface area (TPSA) is 79.6 Å². The third kappa shape index (κ3) is 3.44. The normalized spacial score (nSPS) is 23.8. The average molecular weight is 447 g/mol. The number of halogens is 2. The van der Waals surface area contributed by atoms with Crippen molar-refractivity contribution in [1.82, 2.24) is 10.2 Å². The molecule has 2 unspecified atom stereocenters. The Morgan fingerprint density at radius 3 is 2.90 bits per heavy atom. The van der Waals surface area contributed by atoms with Crippen LogP contribution >= 0.6 is 23.2 Å². The SMILES string of the molecule is CC12CCN(C(=O)c3ccc4ccoc4c3)CC1C=C(Cl)C(C(=O)NCC=O)=C2Cl. The van der Waals surface area contributed by atoms with E-state index in [-0.39, 0.29) is 29.0 Å². The Bertz CT molecular complexity index is 1100. The van der Waals surface area contributed by atoms with Gasteiger partial charge in [-0.2, -0.15) is 0 Å². The molecule has 2 amide bonds. The molecule has 2 aliphatic rings. The summed E-state index contributed by atoms with van der Waals surface area (Å²) in [6.45, 7) is 2.79. The van der Waals surface area contributed by atoms with Gasteiger partial charge in [0.1, 0.15) is 11.9 Å². The lowest BCUT2D eigenvalue weighted by Crippen LogP contribution is -2.49. The molecule has 30 heavy (non-hydrogen) atoms. The van der Waals surface area contributed by atoms with Crippen LogP contribution in [0.1, 0.15) is 23.7 Å². The molecule has 4 rings (SSSR count). The first-order valence-electron chi connectivity index (χ1n) is 9.61. The lowest BCUT2D eigenvalue weighted by Gasteiger charge is -2.47. The summed E-state index contributed by atoms with van der Waals surface area (Å²) in [5.41, 5.74) is 0.903. The number of nitrogens with zero attached hydrogens (tertiary/aromatic N) is 1. The molecule has 2 heterocycles. The van der Waals surface area contributed by atoms with E-state index >= 15 is 0 Å². The molecule has 1 N–H and O–H groups in total. The second-order valence-corrected chi connectivity index (χ2v) is 8.56. The molecule has 1 aromatic carbocycles. The Kier molecular flexibility index (Phi) is 5.47. The van der Waals surface area contributed by atoms with Crippen LogP contribution in [0.5, 0.6) is 0 Å². The second-order valence-electron chi connectivity index (χ2n) is 7.78. The van der Waals surface area contributed by atoms with E-state index in [1.165, 1.54) is 0 Å². The number of fused-ring (bicyclic) bond motifs is 2. The van der Waals surface area contributed by atoms with Gasteiger partial charge >= 0.3 is 0 Å². The van der Waals surface area contributed by atoms with E-state index in [9.17, 15) is 14.4 Å². The molecule has 156 valence electrons. The third-order valence-corrected chi connectivity index (χ3v) is 6.94. The molecule has 0 saturated carbocycles. The molecule has 0 bridgehead atoms. The van der Waals surface area contributed by atoms with E-state index in [4.69, 9.17) is 27.6 Å². The standard InChI is InChI=1S/C22H20Cl2N2O4/c1-22-5-7-26(21(29)14-3-2-13-4-9-30-17(13)10-14)12-15(22)11-16(23)18(19(22)24)20(28)25-6-8-27/h2-4,8-11,15H,5-7,12H2,1H3,(H,25,28). The fourth-order valence-corrected chi connectivity index (χ4v) is 4.93. The van der Waals surface area contributed by atoms with Gasteiger partial charge in [0.05, 0.1) is 23.4 Å². The van der Waals surface area contributed by atoms with Crippen molar-refractivity contribution >= 4 is 52.3 Å². The first kappa shape index (κ1) is 20.7. The highest BCUT2D eigenvalue weighted by atomic mass is 35.5. The highest BCUT2D eigenvalue weighted by molar-refractivity contribution is 6.40. The number of amides is 2. The number of likely N-dealkylation sites (tertiary alicyclic amines) is 1. The number of furan rings is 1. The van der Waals surface area contributed by atoms with Crippen LogP contribution in [-0.2, 0) is 9.59 Å². The van der Waals surface area contributed by atoms with Crippen molar-refractivity contribution in [2.24, 2.45) is 11.3 Å². The van der Waals surface area contributed by atoms with Gasteiger partial charge in [0.25, 0.3) is 11.8 Å². The number of piperidine rings is 1. The summed E-state index contributed by atoms with van der Waals surface area (Å²) in [4.78, 5) is 37.9. The summed E-state index contributed by atoms with van der Waals surface area (Å²) in [7, 11) is 0. The number of carbonyl (C=O) groups is 3. The summed E-state index contributed by atoms with van der Waals surface area (Å²) in [5.74, 6) is -0.696. The van der Waals surface area contributed by atoms with E-state index in [0.29, 0.717) is 42.0 Å². The smallest absolute Gasteiger partial charge is 0.254 e. The average Bonchev–Trinajstić information content (AvgIpc) is 3.20. The molecule has 1 aromatic heterocycles. The van der Waals surface area contributed by atoms with Gasteiger partial charge in [0, 0.05) is 40.4 Å². The predicted octanol–water partition coefficient (Wildman–Crippen LogP) is 3.85. The van der Waals surface area contributed by atoms with Crippen molar-refractivity contribution in [3.8, 4) is 0 Å². The van der Waals surface area contributed by atoms with E-state index in [1.807, 2.05) is 19.1 Å². The molecular formula is C22H20Cl2N2O4. The minimum absolute atomic E-state index is 0.0884. The Morgan fingerprint density at radius 1 is 1.33 bits per heavy atom. The van der Waals surface area contributed by atoms with Crippen LogP contribution in [0.15, 0.2) is 56.7 Å². The maximum atomic E-state index is 13.1. The number of benzene rings is 1. The molecule has 6 nitrogen and oxygen atoms in total. The molecule has 1 aliphatic carbocycles. The fraction of sp³-hybridized carbons (Fsp3) is 0.318. The van der Waals surface area contributed by atoms with Crippen LogP contribution in [0, 0.1) is 11.3 Å². The van der Waals surface area contributed by atoms with Gasteiger partial charge in [-0.3, -0.25) is 9.59 Å². The molecular weight excluding hydrogens is 427 g/mol. The van der Waals surface area contributed by atoms with E-state index < -0.39 is 11.3 Å². The number of hydrogen-bond acceptors (Lipinski definition) is 4. The van der Waals surface area contributed by atoms with Crippen molar-refractivity contribution < 1.29 is 18.8 Å². The molecule has 2 aromatic rings. The highest BCUT2D eigenvalue weighted by Crippen LogP contribution is 2.51. The van der Waals surface area contributed by atoms with Crippen LogP contribution in [0.25, 0.3) is 11.0 Å². The second kappa shape index (κ2) is 7.93. The van der Waals surface area contributed by atoms with Crippen molar-refractivity contribution in [2.45, 2.75) is 13.3 Å². The van der Waals surface area contributed by atoms with Crippen LogP contribution in [0.4, 0.5) is 0 Å². The molecule has 2 atom stereocenters. The minimum atomic E-state index is -0.518. The van der Waals surface area contributed by atoms with Crippen LogP contribution in [0.2, 0.25) is 0 Å². The highest BCUT2D eigenvalue weighted by Gasteiger charge is 2.46. The quantitative estimate of drug-likeness (QED) is 0.723. The zero-order chi connectivity index (χ0) is 21.5. The zero-order valence-corrected chi connectivity index (χ0v) is 17.8. The number of carbonyl (C=O) groups excluding carboxylic acids is 3. The van der Waals surface area contributed by atoms with E-state index in [1.54, 1.807) is 29.4 Å². The van der Waals surface area contributed by atoms with Crippen LogP contribution in [0.3, 0.4) is 0 Å². The monoisotopic (exact) mass is 446 g/mol. The van der Waals surface area contributed by atoms with Crippen molar-refractivity contribution in [1.29, 1.82) is 0 Å². The van der Waals surface area contributed by atoms with Crippen LogP contribution < -0.4 is 5.32 Å². The number of allylic oxidation sites excluding steroid dienone is 1. The Balaban J connectivity index is 1.57. The Morgan fingerprint density at radius 2 is 2.13 bits per heavy atom. The fourth-order valence-electron chi connectivity index (χ4n) is 4.13. The number of nitrogens with one attached hydrogen (secondary N) is 1. The van der Waals surface area contributed by atoms with Crippen molar-refractivity contribution in [2.75, 3.05) is 19.6 Å². The summed E-state index contributed by atoms with van der Waals surface area (Å²) in [6.07, 6.45) is 4.56. The lowest BCUT2D eigenvalue weighted by atomic mass is 9.67. The number of aldehydes is 1. The molecule has 1 fully saturated rings. The summed E-state index contributed by atoms with van der Waals surface area (Å²) >= 11 is 13.0. The van der Waals surface area contributed by atoms with Gasteiger partial charge in [-0.15, -0.1) is 0 Å². The molecule has 1 saturated heterocycles. The molecule has 0 spiro atoms. The van der Waals surface area contributed by atoms with Crippen LogP contribution in [-0.4, -0.2) is 42.6 Å². The van der Waals surface area contributed by atoms with Gasteiger partial charge in [0.2, 0.25) is 0 Å². The summed E-state index contributed by atoms with van der Waals surface area (Å²) in [6, 6.07) is 7.25. The lowest BCUT2D eigenvalue weighted by molar-refractivity contribution is -0.119. The maximum Gasteiger partial charge on any atom is 0.254 e. The minimum Gasteiger partial charge on any atom is -0.464 e. The van der Waals surface area contributed by atoms with E-state index in [0.717, 1.165) is 5.39 Å². The summed E-state index contributed by atoms with van der Waals surface area (Å²) in [5, 5.41) is 4.03. The number of rotatable bonds is 4. The molecule has 8 heteroatoms.